The monoisotopic (exact) mass is 413 g/mol. The maximum Gasteiger partial charge on any atom is 0.490 e. The van der Waals surface area contributed by atoms with Gasteiger partial charge in [0.1, 0.15) is 0 Å². The maximum absolute atomic E-state index is 13.5. The SMILES string of the molecule is CSc1ccccc1NC(=O)C12C[C@@H]3C[C@@H](C1)CC(n1cnc([N+](=O)[O-])n1)(C3)C2. The van der Waals surface area contributed by atoms with E-state index >= 15 is 0 Å². The number of aromatic nitrogens is 3. The molecule has 1 heterocycles. The van der Waals surface area contributed by atoms with Gasteiger partial charge >= 0.3 is 5.95 Å². The normalized spacial score (nSPS) is 32.3. The summed E-state index contributed by atoms with van der Waals surface area (Å²) in [5.41, 5.74) is 0.0593. The van der Waals surface area contributed by atoms with Crippen molar-refractivity contribution in [2.75, 3.05) is 11.6 Å². The van der Waals surface area contributed by atoms with Gasteiger partial charge in [-0.05, 0) is 73.7 Å². The lowest BCUT2D eigenvalue weighted by Crippen LogP contribution is -2.60. The average molecular weight is 414 g/mol. The summed E-state index contributed by atoms with van der Waals surface area (Å²) in [7, 11) is 0. The Balaban J connectivity index is 1.47. The molecule has 0 aliphatic heterocycles. The molecule has 0 unspecified atom stereocenters. The number of hydrogen-bond acceptors (Lipinski definition) is 6. The first-order valence-electron chi connectivity index (χ1n) is 9.94. The van der Waals surface area contributed by atoms with Gasteiger partial charge in [0, 0.05) is 9.99 Å². The van der Waals surface area contributed by atoms with Crippen molar-refractivity contribution >= 4 is 29.3 Å². The quantitative estimate of drug-likeness (QED) is 0.454. The van der Waals surface area contributed by atoms with E-state index in [0.717, 1.165) is 42.7 Å². The van der Waals surface area contributed by atoms with Crippen LogP contribution in [-0.4, -0.2) is 31.9 Å². The van der Waals surface area contributed by atoms with Crippen molar-refractivity contribution in [3.63, 3.8) is 0 Å². The zero-order valence-electron chi connectivity index (χ0n) is 16.2. The van der Waals surface area contributed by atoms with Gasteiger partial charge < -0.3 is 15.4 Å². The number of nitro groups is 1. The molecule has 2 aromatic rings. The number of nitrogens with zero attached hydrogens (tertiary/aromatic N) is 4. The molecule has 4 fully saturated rings. The summed E-state index contributed by atoms with van der Waals surface area (Å²) in [6.45, 7) is 0. The Hall–Kier alpha value is -2.42. The lowest BCUT2D eigenvalue weighted by atomic mass is 9.46. The van der Waals surface area contributed by atoms with Crippen LogP contribution in [0.15, 0.2) is 35.5 Å². The topological polar surface area (TPSA) is 103 Å². The Morgan fingerprint density at radius 1 is 1.28 bits per heavy atom. The zero-order valence-corrected chi connectivity index (χ0v) is 17.0. The predicted octanol–water partition coefficient (Wildman–Crippen LogP) is 3.84. The van der Waals surface area contributed by atoms with Crippen LogP contribution < -0.4 is 5.32 Å². The first-order valence-corrected chi connectivity index (χ1v) is 11.2. The highest BCUT2D eigenvalue weighted by atomic mass is 32.2. The first-order chi connectivity index (χ1) is 13.9. The molecule has 2 atom stereocenters. The summed E-state index contributed by atoms with van der Waals surface area (Å²) in [6.07, 6.45) is 8.89. The highest BCUT2D eigenvalue weighted by molar-refractivity contribution is 7.98. The molecule has 1 N–H and O–H groups in total. The molecule has 0 spiro atoms. The fourth-order valence-corrected chi connectivity index (χ4v) is 6.87. The van der Waals surface area contributed by atoms with Gasteiger partial charge in [0.25, 0.3) is 0 Å². The molecular weight excluding hydrogens is 390 g/mol. The molecule has 6 rings (SSSR count). The van der Waals surface area contributed by atoms with Gasteiger partial charge in [-0.15, -0.1) is 11.8 Å². The van der Waals surface area contributed by atoms with Crippen molar-refractivity contribution in [3.05, 3.63) is 40.7 Å². The van der Waals surface area contributed by atoms with E-state index in [4.69, 9.17) is 0 Å². The van der Waals surface area contributed by atoms with E-state index < -0.39 is 10.3 Å². The minimum absolute atomic E-state index is 0.0760. The van der Waals surface area contributed by atoms with E-state index in [-0.39, 0.29) is 17.4 Å². The molecule has 152 valence electrons. The van der Waals surface area contributed by atoms with E-state index in [0.29, 0.717) is 18.3 Å². The van der Waals surface area contributed by atoms with Gasteiger partial charge in [-0.2, -0.15) is 4.68 Å². The molecule has 0 saturated heterocycles. The number of anilines is 1. The van der Waals surface area contributed by atoms with Gasteiger partial charge in [-0.3, -0.25) is 4.79 Å². The highest BCUT2D eigenvalue weighted by Gasteiger charge is 2.62. The van der Waals surface area contributed by atoms with Crippen LogP contribution in [0, 0.1) is 27.4 Å². The molecule has 29 heavy (non-hydrogen) atoms. The highest BCUT2D eigenvalue weighted by Crippen LogP contribution is 2.64. The number of para-hydroxylation sites is 1. The smallest absolute Gasteiger partial charge is 0.390 e. The summed E-state index contributed by atoms with van der Waals surface area (Å²) < 4.78 is 1.69. The van der Waals surface area contributed by atoms with Gasteiger partial charge in [-0.1, -0.05) is 17.1 Å². The fourth-order valence-electron chi connectivity index (χ4n) is 6.32. The lowest BCUT2D eigenvalue weighted by Gasteiger charge is -2.60. The summed E-state index contributed by atoms with van der Waals surface area (Å²) in [6, 6.07) is 7.86. The van der Waals surface area contributed by atoms with Crippen LogP contribution in [0.25, 0.3) is 0 Å². The van der Waals surface area contributed by atoms with Crippen LogP contribution in [0.4, 0.5) is 11.6 Å². The van der Waals surface area contributed by atoms with Crippen molar-refractivity contribution in [1.29, 1.82) is 0 Å². The maximum atomic E-state index is 13.5. The van der Waals surface area contributed by atoms with Gasteiger partial charge in [0.05, 0.1) is 16.6 Å². The van der Waals surface area contributed by atoms with Crippen LogP contribution in [0.3, 0.4) is 0 Å². The van der Waals surface area contributed by atoms with E-state index in [2.05, 4.69) is 15.4 Å². The summed E-state index contributed by atoms with van der Waals surface area (Å²) in [5.74, 6) is 0.599. The molecule has 4 aliphatic carbocycles. The Bertz CT molecular complexity index is 976. The van der Waals surface area contributed by atoms with Crippen molar-refractivity contribution in [1.82, 2.24) is 14.8 Å². The van der Waals surface area contributed by atoms with Crippen molar-refractivity contribution in [3.8, 4) is 0 Å². The second-order valence-electron chi connectivity index (χ2n) is 8.87. The summed E-state index contributed by atoms with van der Waals surface area (Å²) in [5, 5.41) is 18.4. The van der Waals surface area contributed by atoms with Crippen LogP contribution in [0.5, 0.6) is 0 Å². The molecule has 1 aromatic carbocycles. The molecule has 4 aliphatic rings. The first kappa shape index (κ1) is 18.6. The van der Waals surface area contributed by atoms with Crippen LogP contribution in [-0.2, 0) is 10.3 Å². The average Bonchev–Trinajstić information content (AvgIpc) is 3.19. The molecule has 4 saturated carbocycles. The number of carbonyl (C=O) groups excluding carboxylic acids is 1. The minimum Gasteiger partial charge on any atom is -0.390 e. The zero-order chi connectivity index (χ0) is 20.2. The Morgan fingerprint density at radius 2 is 2.00 bits per heavy atom. The van der Waals surface area contributed by atoms with Crippen molar-refractivity contribution in [2.24, 2.45) is 17.3 Å². The van der Waals surface area contributed by atoms with Crippen LogP contribution in [0.1, 0.15) is 38.5 Å². The second kappa shape index (κ2) is 6.55. The van der Waals surface area contributed by atoms with Crippen molar-refractivity contribution < 1.29 is 9.72 Å². The number of nitrogens with one attached hydrogen (secondary N) is 1. The van der Waals surface area contributed by atoms with Gasteiger partial charge in [0.15, 0.2) is 0 Å². The van der Waals surface area contributed by atoms with E-state index in [9.17, 15) is 14.9 Å². The largest absolute Gasteiger partial charge is 0.490 e. The van der Waals surface area contributed by atoms with E-state index in [1.165, 1.54) is 6.33 Å². The van der Waals surface area contributed by atoms with Crippen LogP contribution >= 0.6 is 11.8 Å². The lowest BCUT2D eigenvalue weighted by molar-refractivity contribution is -0.394. The Labute approximate surface area is 172 Å². The molecule has 4 bridgehead atoms. The van der Waals surface area contributed by atoms with Gasteiger partial charge in [0.2, 0.25) is 12.2 Å². The standard InChI is InChI=1S/C20H23N5O3S/c1-29-16-5-3-2-4-15(16)22-17(26)19-7-13-6-14(8-19)10-20(9-13,11-19)24-12-21-18(23-24)25(27)28/h2-5,12-14H,6-11H2,1H3,(H,22,26)/t13-,14-,19?,20?/m0/s1. The van der Waals surface area contributed by atoms with Crippen molar-refractivity contribution in [2.45, 2.75) is 49.0 Å². The molecule has 1 amide bonds. The third-order valence-corrected chi connectivity index (χ3v) is 7.79. The third-order valence-electron chi connectivity index (χ3n) is 7.00. The summed E-state index contributed by atoms with van der Waals surface area (Å²) in [4.78, 5) is 29.0. The number of amides is 1. The fraction of sp³-hybridized carbons (Fsp3) is 0.550. The molecule has 9 heteroatoms. The van der Waals surface area contributed by atoms with Gasteiger partial charge in [-0.25, -0.2) is 0 Å². The number of thioether (sulfide) groups is 1. The van der Waals surface area contributed by atoms with E-state index in [1.807, 2.05) is 30.5 Å². The van der Waals surface area contributed by atoms with E-state index in [1.54, 1.807) is 16.4 Å². The number of hydrogen-bond donors (Lipinski definition) is 1. The Kier molecular flexibility index (Phi) is 4.20. The number of benzene rings is 1. The third kappa shape index (κ3) is 2.94. The number of carbonyl (C=O) groups is 1. The molecule has 8 nitrogen and oxygen atoms in total. The number of rotatable bonds is 5. The molecular formula is C20H23N5O3S. The minimum atomic E-state index is -0.557. The molecule has 1 aromatic heterocycles. The van der Waals surface area contributed by atoms with Crippen LogP contribution in [0.2, 0.25) is 0 Å². The predicted molar refractivity (Wildman–Crippen MR) is 109 cm³/mol. The Morgan fingerprint density at radius 3 is 2.66 bits per heavy atom. The summed E-state index contributed by atoms with van der Waals surface area (Å²) >= 11 is 1.62. The second-order valence-corrected chi connectivity index (χ2v) is 9.71. The molecule has 0 radical (unpaired) electrons.